The van der Waals surface area contributed by atoms with Crippen LogP contribution < -0.4 is 5.46 Å². The number of nitrogens with zero attached hydrogens (tertiary/aromatic N) is 1. The summed E-state index contributed by atoms with van der Waals surface area (Å²) in [5.41, 5.74) is -2.37. The SMILES string of the molecule is CC(C)(C)OC(=O)N1CCOC(c2cc(B3OC(C)(C)C(C)(C)O3)ccc2C(F)(F)F)C1. The van der Waals surface area contributed by atoms with E-state index in [4.69, 9.17) is 18.8 Å². The van der Waals surface area contributed by atoms with Gasteiger partial charge in [-0.15, -0.1) is 0 Å². The van der Waals surface area contributed by atoms with Crippen LogP contribution in [0.4, 0.5) is 18.0 Å². The Morgan fingerprint density at radius 2 is 1.72 bits per heavy atom. The van der Waals surface area contributed by atoms with Gasteiger partial charge < -0.3 is 23.7 Å². The standard InChI is InChI=1S/C22H31BF3NO5/c1-19(2,3)30-18(28)27-10-11-29-17(13-27)15-12-14(8-9-16(15)22(24,25)26)23-31-20(4,5)21(6,7)32-23/h8-9,12,17H,10-11,13H2,1-7H3. The average molecular weight is 457 g/mol. The molecule has 2 aliphatic heterocycles. The summed E-state index contributed by atoms with van der Waals surface area (Å²) < 4.78 is 64.5. The summed E-state index contributed by atoms with van der Waals surface area (Å²) in [7, 11) is -0.813. The molecular weight excluding hydrogens is 426 g/mol. The minimum Gasteiger partial charge on any atom is -0.444 e. The normalized spacial score (nSPS) is 23.4. The van der Waals surface area contributed by atoms with Gasteiger partial charge in [-0.3, -0.25) is 0 Å². The molecule has 2 aliphatic rings. The van der Waals surface area contributed by atoms with Crippen molar-refractivity contribution >= 4 is 18.7 Å². The molecule has 2 saturated heterocycles. The molecule has 3 rings (SSSR count). The average Bonchev–Trinajstić information content (AvgIpc) is 2.86. The number of amides is 1. The fraction of sp³-hybridized carbons (Fsp3) is 0.682. The first-order valence-corrected chi connectivity index (χ1v) is 10.7. The zero-order valence-electron chi connectivity index (χ0n) is 19.6. The number of morpholine rings is 1. The number of halogens is 3. The lowest BCUT2D eigenvalue weighted by molar-refractivity contribution is -0.140. The van der Waals surface area contributed by atoms with E-state index in [1.165, 1.54) is 17.0 Å². The number of hydrogen-bond acceptors (Lipinski definition) is 5. The second-order valence-corrected chi connectivity index (χ2v) is 10.2. The molecule has 0 N–H and O–H groups in total. The summed E-state index contributed by atoms with van der Waals surface area (Å²) in [6, 6.07) is 3.79. The molecular formula is C22H31BF3NO5. The van der Waals surface area contributed by atoms with Crippen LogP contribution in [0.3, 0.4) is 0 Å². The summed E-state index contributed by atoms with van der Waals surface area (Å²) in [5.74, 6) is 0. The molecule has 0 aromatic heterocycles. The van der Waals surface area contributed by atoms with Gasteiger partial charge in [-0.1, -0.05) is 12.1 Å². The molecule has 10 heteroatoms. The van der Waals surface area contributed by atoms with Gasteiger partial charge in [0.2, 0.25) is 0 Å². The first-order valence-electron chi connectivity index (χ1n) is 10.7. The molecule has 2 heterocycles. The van der Waals surface area contributed by atoms with E-state index in [-0.39, 0.29) is 25.3 Å². The molecule has 0 spiro atoms. The highest BCUT2D eigenvalue weighted by Gasteiger charge is 2.52. The monoisotopic (exact) mass is 457 g/mol. The Morgan fingerprint density at radius 3 is 2.25 bits per heavy atom. The first-order chi connectivity index (χ1) is 14.5. The third-order valence-corrected chi connectivity index (χ3v) is 5.97. The van der Waals surface area contributed by atoms with Crippen molar-refractivity contribution in [3.63, 3.8) is 0 Å². The molecule has 1 amide bonds. The molecule has 1 aromatic carbocycles. The number of carbonyl (C=O) groups excluding carboxylic acids is 1. The number of benzene rings is 1. The third-order valence-electron chi connectivity index (χ3n) is 5.97. The van der Waals surface area contributed by atoms with E-state index in [1.807, 2.05) is 27.7 Å². The van der Waals surface area contributed by atoms with E-state index in [0.717, 1.165) is 6.07 Å². The minimum absolute atomic E-state index is 0.0508. The van der Waals surface area contributed by atoms with E-state index in [9.17, 15) is 18.0 Å². The van der Waals surface area contributed by atoms with Crippen LogP contribution in [0.2, 0.25) is 0 Å². The van der Waals surface area contributed by atoms with Gasteiger partial charge >= 0.3 is 19.4 Å². The van der Waals surface area contributed by atoms with Crippen molar-refractivity contribution in [3.05, 3.63) is 29.3 Å². The number of hydrogen-bond donors (Lipinski definition) is 0. The predicted octanol–water partition coefficient (Wildman–Crippen LogP) is 4.31. The zero-order valence-corrected chi connectivity index (χ0v) is 19.6. The molecule has 2 fully saturated rings. The van der Waals surface area contributed by atoms with Crippen LogP contribution >= 0.6 is 0 Å². The van der Waals surface area contributed by atoms with E-state index >= 15 is 0 Å². The molecule has 178 valence electrons. The first kappa shape index (κ1) is 24.9. The Kier molecular flexibility index (Phi) is 6.38. The van der Waals surface area contributed by atoms with Gasteiger partial charge in [-0.05, 0) is 65.6 Å². The summed E-state index contributed by atoms with van der Waals surface area (Å²) in [4.78, 5) is 13.9. The van der Waals surface area contributed by atoms with Gasteiger partial charge in [0, 0.05) is 6.54 Å². The quantitative estimate of drug-likeness (QED) is 0.620. The van der Waals surface area contributed by atoms with E-state index < -0.39 is 47.9 Å². The van der Waals surface area contributed by atoms with Crippen molar-refractivity contribution < 1.29 is 36.7 Å². The Morgan fingerprint density at radius 1 is 1.12 bits per heavy atom. The summed E-state index contributed by atoms with van der Waals surface area (Å²) in [6.07, 6.45) is -6.13. The Labute approximate surface area is 187 Å². The smallest absolute Gasteiger partial charge is 0.444 e. The highest BCUT2D eigenvalue weighted by atomic mass is 19.4. The molecule has 0 radical (unpaired) electrons. The molecule has 6 nitrogen and oxygen atoms in total. The van der Waals surface area contributed by atoms with Crippen molar-refractivity contribution in [1.29, 1.82) is 0 Å². The lowest BCUT2D eigenvalue weighted by Crippen LogP contribution is -2.45. The van der Waals surface area contributed by atoms with E-state index in [2.05, 4.69) is 0 Å². The number of rotatable bonds is 2. The van der Waals surface area contributed by atoms with Crippen molar-refractivity contribution in [2.24, 2.45) is 0 Å². The van der Waals surface area contributed by atoms with Crippen molar-refractivity contribution in [1.82, 2.24) is 4.90 Å². The fourth-order valence-corrected chi connectivity index (χ4v) is 3.56. The van der Waals surface area contributed by atoms with Gasteiger partial charge in [0.15, 0.2) is 0 Å². The topological polar surface area (TPSA) is 57.2 Å². The summed E-state index contributed by atoms with van der Waals surface area (Å²) in [6.45, 7) is 13.0. The Bertz CT molecular complexity index is 850. The molecule has 1 unspecified atom stereocenters. The van der Waals surface area contributed by atoms with Crippen molar-refractivity contribution in [3.8, 4) is 0 Å². The van der Waals surface area contributed by atoms with Crippen molar-refractivity contribution in [2.75, 3.05) is 19.7 Å². The lowest BCUT2D eigenvalue weighted by atomic mass is 9.77. The van der Waals surface area contributed by atoms with Gasteiger partial charge in [-0.25, -0.2) is 4.79 Å². The maximum Gasteiger partial charge on any atom is 0.494 e. The maximum absolute atomic E-state index is 13.8. The highest BCUT2D eigenvalue weighted by molar-refractivity contribution is 6.62. The molecule has 32 heavy (non-hydrogen) atoms. The van der Waals surface area contributed by atoms with Crippen LogP contribution in [0.15, 0.2) is 18.2 Å². The van der Waals surface area contributed by atoms with Gasteiger partial charge in [0.05, 0.1) is 29.9 Å². The Balaban J connectivity index is 1.92. The number of alkyl halides is 3. The van der Waals surface area contributed by atoms with Gasteiger partial charge in [-0.2, -0.15) is 13.2 Å². The third kappa shape index (κ3) is 5.23. The van der Waals surface area contributed by atoms with E-state index in [0.29, 0.717) is 5.46 Å². The number of carbonyl (C=O) groups is 1. The molecule has 0 aliphatic carbocycles. The lowest BCUT2D eigenvalue weighted by Gasteiger charge is -2.35. The van der Waals surface area contributed by atoms with Gasteiger partial charge in [0.1, 0.15) is 11.7 Å². The predicted molar refractivity (Wildman–Crippen MR) is 114 cm³/mol. The van der Waals surface area contributed by atoms with Crippen LogP contribution in [-0.4, -0.2) is 54.6 Å². The molecule has 1 atom stereocenters. The van der Waals surface area contributed by atoms with Gasteiger partial charge in [0.25, 0.3) is 0 Å². The van der Waals surface area contributed by atoms with E-state index in [1.54, 1.807) is 20.8 Å². The zero-order chi connectivity index (χ0) is 24.1. The fourth-order valence-electron chi connectivity index (χ4n) is 3.56. The van der Waals surface area contributed by atoms with Crippen molar-refractivity contribution in [2.45, 2.75) is 77.5 Å². The second kappa shape index (κ2) is 8.22. The molecule has 0 saturated carbocycles. The highest BCUT2D eigenvalue weighted by Crippen LogP contribution is 2.39. The largest absolute Gasteiger partial charge is 0.494 e. The summed E-state index contributed by atoms with van der Waals surface area (Å²) >= 11 is 0. The van der Waals surface area contributed by atoms with Crippen LogP contribution in [-0.2, 0) is 25.0 Å². The van der Waals surface area contributed by atoms with Crippen LogP contribution in [0.5, 0.6) is 0 Å². The summed E-state index contributed by atoms with van der Waals surface area (Å²) in [5, 5.41) is 0. The Hall–Kier alpha value is -1.78. The maximum atomic E-state index is 13.8. The minimum atomic E-state index is -4.58. The van der Waals surface area contributed by atoms with Crippen LogP contribution in [0.1, 0.15) is 65.7 Å². The molecule has 1 aromatic rings. The number of ether oxygens (including phenoxy) is 2. The van der Waals surface area contributed by atoms with Crippen LogP contribution in [0.25, 0.3) is 0 Å². The van der Waals surface area contributed by atoms with Crippen LogP contribution in [0, 0.1) is 0 Å². The second-order valence-electron chi connectivity index (χ2n) is 10.2. The molecule has 0 bridgehead atoms.